The summed E-state index contributed by atoms with van der Waals surface area (Å²) in [6.45, 7) is -0.603. The van der Waals surface area contributed by atoms with Crippen LogP contribution in [0.15, 0.2) is 42.5 Å². The summed E-state index contributed by atoms with van der Waals surface area (Å²) in [6.07, 6.45) is 1.45. The summed E-state index contributed by atoms with van der Waals surface area (Å²) in [5.74, 6) is -3.01. The molecule has 9 heteroatoms. The molecule has 3 atom stereocenters. The van der Waals surface area contributed by atoms with Gasteiger partial charge in [0, 0.05) is 30.5 Å². The molecule has 0 radical (unpaired) electrons. The van der Waals surface area contributed by atoms with Gasteiger partial charge in [0.25, 0.3) is 0 Å². The lowest BCUT2D eigenvalue weighted by atomic mass is 9.91. The van der Waals surface area contributed by atoms with Crippen molar-refractivity contribution in [1.82, 2.24) is 0 Å². The highest BCUT2D eigenvalue weighted by Crippen LogP contribution is 2.40. The Labute approximate surface area is 203 Å². The molecule has 0 spiro atoms. The molecule has 1 saturated heterocycles. The second kappa shape index (κ2) is 10.5. The first-order valence-corrected chi connectivity index (χ1v) is 11.7. The summed E-state index contributed by atoms with van der Waals surface area (Å²) in [4.78, 5) is 0. The molecule has 0 amide bonds. The molecule has 2 fully saturated rings. The van der Waals surface area contributed by atoms with E-state index < -0.39 is 30.6 Å². The summed E-state index contributed by atoms with van der Waals surface area (Å²) in [5, 5.41) is 40.1. The molecule has 0 aromatic heterocycles. The van der Waals surface area contributed by atoms with Gasteiger partial charge in [-0.15, -0.1) is 0 Å². The van der Waals surface area contributed by atoms with E-state index in [0.717, 1.165) is 24.0 Å². The zero-order valence-corrected chi connectivity index (χ0v) is 19.8. The smallest absolute Gasteiger partial charge is 0.314 e. The number of rotatable bonds is 10. The molecular weight excluding hydrogens is 464 g/mol. The predicted molar refractivity (Wildman–Crippen MR) is 123 cm³/mol. The third-order valence-electron chi connectivity index (χ3n) is 6.04. The quantitative estimate of drug-likeness (QED) is 0.372. The fraction of sp³-hybridized carbons (Fsp3) is 0.520. The van der Waals surface area contributed by atoms with Gasteiger partial charge in [0.1, 0.15) is 5.75 Å². The Balaban J connectivity index is 1.45. The lowest BCUT2D eigenvalue weighted by Gasteiger charge is -2.42. The number of aliphatic hydroxyl groups excluding tert-OH is 2. The summed E-state index contributed by atoms with van der Waals surface area (Å²) >= 11 is 6.47. The standard InChI is InChI=1S/C25H31ClO8/c1-31-24(13-19(28)12-22(14-27)33-24)18-4-9-23(26)17(11-18)10-16-2-5-20(6-3-16)32-15-25(29,30)34-21-7-8-21/h2-6,9,11,19,21-22,27-30H,7-8,10,12-15H2,1H3. The van der Waals surface area contributed by atoms with Crippen LogP contribution in [0.3, 0.4) is 0 Å². The fourth-order valence-corrected chi connectivity index (χ4v) is 4.33. The highest BCUT2D eigenvalue weighted by molar-refractivity contribution is 6.31. The summed E-state index contributed by atoms with van der Waals surface area (Å²) < 4.78 is 22.3. The minimum Gasteiger partial charge on any atom is -0.485 e. The molecule has 3 unspecified atom stereocenters. The van der Waals surface area contributed by atoms with Gasteiger partial charge in [0.15, 0.2) is 12.4 Å². The van der Waals surface area contributed by atoms with Crippen molar-refractivity contribution in [2.45, 2.75) is 62.2 Å². The van der Waals surface area contributed by atoms with E-state index in [1.807, 2.05) is 18.2 Å². The van der Waals surface area contributed by atoms with E-state index in [1.54, 1.807) is 24.3 Å². The molecule has 4 rings (SSSR count). The third kappa shape index (κ3) is 6.27. The summed E-state index contributed by atoms with van der Waals surface area (Å²) in [6, 6.07) is 12.7. The van der Waals surface area contributed by atoms with E-state index in [1.165, 1.54) is 7.11 Å². The zero-order chi connectivity index (χ0) is 24.3. The van der Waals surface area contributed by atoms with Crippen LogP contribution in [0.25, 0.3) is 0 Å². The molecule has 1 heterocycles. The van der Waals surface area contributed by atoms with Crippen LogP contribution >= 0.6 is 11.6 Å². The van der Waals surface area contributed by atoms with Crippen molar-refractivity contribution in [2.24, 2.45) is 0 Å². The predicted octanol–water partition coefficient (Wildman–Crippen LogP) is 2.46. The Morgan fingerprint density at radius 1 is 1.15 bits per heavy atom. The topological polar surface area (TPSA) is 118 Å². The number of hydrogen-bond donors (Lipinski definition) is 4. The van der Waals surface area contributed by atoms with Gasteiger partial charge in [-0.3, -0.25) is 0 Å². The van der Waals surface area contributed by atoms with Crippen molar-refractivity contribution in [3.05, 3.63) is 64.2 Å². The first kappa shape index (κ1) is 25.3. The van der Waals surface area contributed by atoms with Crippen LogP contribution in [0.1, 0.15) is 42.4 Å². The van der Waals surface area contributed by atoms with Gasteiger partial charge in [-0.1, -0.05) is 29.8 Å². The minimum absolute atomic E-state index is 0.115. The highest BCUT2D eigenvalue weighted by Gasteiger charge is 2.43. The largest absolute Gasteiger partial charge is 0.485 e. The molecule has 34 heavy (non-hydrogen) atoms. The van der Waals surface area contributed by atoms with E-state index in [-0.39, 0.29) is 19.1 Å². The van der Waals surface area contributed by atoms with E-state index >= 15 is 0 Å². The van der Waals surface area contributed by atoms with Gasteiger partial charge < -0.3 is 39.4 Å². The molecule has 2 aliphatic rings. The van der Waals surface area contributed by atoms with Crippen LogP contribution in [0.2, 0.25) is 5.02 Å². The molecule has 2 aromatic rings. The Kier molecular flexibility index (Phi) is 7.81. The lowest BCUT2D eigenvalue weighted by molar-refractivity contribution is -0.352. The van der Waals surface area contributed by atoms with Crippen LogP contribution in [0.5, 0.6) is 5.75 Å². The van der Waals surface area contributed by atoms with E-state index in [2.05, 4.69) is 0 Å². The Bertz CT molecular complexity index is 962. The van der Waals surface area contributed by atoms with E-state index in [4.69, 9.17) is 30.5 Å². The van der Waals surface area contributed by atoms with Crippen LogP contribution in [-0.4, -0.2) is 65.0 Å². The van der Waals surface area contributed by atoms with Crippen molar-refractivity contribution >= 4 is 11.6 Å². The molecule has 1 saturated carbocycles. The van der Waals surface area contributed by atoms with Crippen LogP contribution < -0.4 is 4.74 Å². The van der Waals surface area contributed by atoms with Crippen LogP contribution in [-0.2, 0) is 26.4 Å². The third-order valence-corrected chi connectivity index (χ3v) is 6.41. The molecule has 4 N–H and O–H groups in total. The summed E-state index contributed by atoms with van der Waals surface area (Å²) in [5.41, 5.74) is 2.52. The van der Waals surface area contributed by atoms with Gasteiger partial charge in [-0.2, -0.15) is 0 Å². The maximum atomic E-state index is 10.3. The van der Waals surface area contributed by atoms with Crippen molar-refractivity contribution in [3.63, 3.8) is 0 Å². The molecule has 1 aliphatic heterocycles. The Morgan fingerprint density at radius 3 is 2.53 bits per heavy atom. The SMILES string of the molecule is COC1(c2ccc(Cl)c(Cc3ccc(OCC(O)(O)OC4CC4)cc3)c2)CC(O)CC(CO)O1. The normalized spacial score (nSPS) is 25.4. The Morgan fingerprint density at radius 2 is 1.88 bits per heavy atom. The maximum absolute atomic E-state index is 10.3. The first-order chi connectivity index (χ1) is 16.2. The van der Waals surface area contributed by atoms with Gasteiger partial charge >= 0.3 is 5.97 Å². The first-order valence-electron chi connectivity index (χ1n) is 11.4. The monoisotopic (exact) mass is 494 g/mol. The minimum atomic E-state index is -2.31. The van der Waals surface area contributed by atoms with Crippen LogP contribution in [0.4, 0.5) is 0 Å². The molecule has 0 bridgehead atoms. The molecule has 2 aromatic carbocycles. The van der Waals surface area contributed by atoms with Crippen molar-refractivity contribution in [3.8, 4) is 5.75 Å². The molecular formula is C25H31ClO8. The number of aliphatic hydroxyl groups is 4. The maximum Gasteiger partial charge on any atom is 0.314 e. The molecule has 1 aliphatic carbocycles. The number of benzene rings is 2. The fourth-order valence-electron chi connectivity index (χ4n) is 4.14. The number of ether oxygens (including phenoxy) is 4. The highest BCUT2D eigenvalue weighted by atomic mass is 35.5. The average Bonchev–Trinajstić information content (AvgIpc) is 3.62. The molecule has 186 valence electrons. The van der Waals surface area contributed by atoms with E-state index in [9.17, 15) is 20.4 Å². The van der Waals surface area contributed by atoms with Gasteiger partial charge in [-0.05, 0) is 54.7 Å². The van der Waals surface area contributed by atoms with Crippen molar-refractivity contribution in [1.29, 1.82) is 0 Å². The lowest BCUT2D eigenvalue weighted by Crippen LogP contribution is -2.46. The van der Waals surface area contributed by atoms with Crippen molar-refractivity contribution < 1.29 is 39.4 Å². The van der Waals surface area contributed by atoms with Gasteiger partial charge in [-0.25, -0.2) is 0 Å². The average molecular weight is 495 g/mol. The van der Waals surface area contributed by atoms with Crippen molar-refractivity contribution in [2.75, 3.05) is 20.3 Å². The number of methoxy groups -OCH3 is 1. The van der Waals surface area contributed by atoms with Crippen LogP contribution in [0, 0.1) is 0 Å². The van der Waals surface area contributed by atoms with E-state index in [0.29, 0.717) is 29.2 Å². The number of hydrogen-bond acceptors (Lipinski definition) is 8. The molecule has 8 nitrogen and oxygen atoms in total. The second-order valence-electron chi connectivity index (χ2n) is 8.95. The second-order valence-corrected chi connectivity index (χ2v) is 9.36. The zero-order valence-electron chi connectivity index (χ0n) is 19.0. The summed E-state index contributed by atoms with van der Waals surface area (Å²) in [7, 11) is 1.52. The number of halogens is 1. The van der Waals surface area contributed by atoms with Gasteiger partial charge in [0.05, 0.1) is 24.9 Å². The Hall–Kier alpha value is -1.75. The van der Waals surface area contributed by atoms with Gasteiger partial charge in [0.2, 0.25) is 0 Å².